The lowest BCUT2D eigenvalue weighted by molar-refractivity contribution is -0.187. The lowest BCUT2D eigenvalue weighted by Gasteiger charge is -2.18. The molecule has 0 aliphatic rings. The molecule has 1 heterocycles. The highest BCUT2D eigenvalue weighted by Gasteiger charge is 2.25. The predicted molar refractivity (Wildman–Crippen MR) is 81.3 cm³/mol. The van der Waals surface area contributed by atoms with Gasteiger partial charge in [0.25, 0.3) is 6.29 Å². The predicted octanol–water partition coefficient (Wildman–Crippen LogP) is 1.82. The Labute approximate surface area is 137 Å². The number of para-hydroxylation sites is 2. The highest BCUT2D eigenvalue weighted by molar-refractivity contribution is 5.75. The Bertz CT molecular complexity index is 773. The van der Waals surface area contributed by atoms with E-state index in [1.54, 1.807) is 24.3 Å². The minimum Gasteiger partial charge on any atom is -0.459 e. The van der Waals surface area contributed by atoms with Gasteiger partial charge in [-0.2, -0.15) is 0 Å². The summed E-state index contributed by atoms with van der Waals surface area (Å²) < 4.78 is 15.0. The van der Waals surface area contributed by atoms with Gasteiger partial charge >= 0.3 is 17.9 Å². The van der Waals surface area contributed by atoms with E-state index in [0.29, 0.717) is 11.0 Å². The zero-order valence-electron chi connectivity index (χ0n) is 13.4. The van der Waals surface area contributed by atoms with Crippen LogP contribution in [0.3, 0.4) is 0 Å². The first-order chi connectivity index (χ1) is 11.4. The first-order valence-corrected chi connectivity index (χ1v) is 7.10. The molecule has 0 aliphatic heterocycles. The SMILES string of the molecule is CC(=O)OCc1nc2ccccc2nc1C(OC(C)=O)OC(C)=O. The number of esters is 3. The number of hydrogen-bond acceptors (Lipinski definition) is 8. The van der Waals surface area contributed by atoms with Crippen molar-refractivity contribution >= 4 is 28.9 Å². The molecule has 0 fully saturated rings. The number of hydrogen-bond donors (Lipinski definition) is 0. The molecule has 0 spiro atoms. The van der Waals surface area contributed by atoms with Crippen LogP contribution in [0.2, 0.25) is 0 Å². The van der Waals surface area contributed by atoms with Crippen molar-refractivity contribution in [1.29, 1.82) is 0 Å². The molecule has 0 saturated heterocycles. The van der Waals surface area contributed by atoms with Gasteiger partial charge in [-0.25, -0.2) is 9.97 Å². The number of nitrogens with zero attached hydrogens (tertiary/aromatic N) is 2. The second kappa shape index (κ2) is 7.49. The highest BCUT2D eigenvalue weighted by Crippen LogP contribution is 2.24. The van der Waals surface area contributed by atoms with E-state index in [1.165, 1.54) is 20.8 Å². The molecule has 0 saturated carbocycles. The number of ether oxygens (including phenoxy) is 3. The second-order valence-electron chi connectivity index (χ2n) is 4.88. The van der Waals surface area contributed by atoms with Gasteiger partial charge in [0.1, 0.15) is 18.0 Å². The van der Waals surface area contributed by atoms with Crippen LogP contribution in [-0.2, 0) is 35.2 Å². The quantitative estimate of drug-likeness (QED) is 0.603. The molecule has 126 valence electrons. The van der Waals surface area contributed by atoms with Gasteiger partial charge in [-0.15, -0.1) is 0 Å². The Morgan fingerprint density at radius 3 is 1.96 bits per heavy atom. The van der Waals surface area contributed by atoms with E-state index in [-0.39, 0.29) is 18.0 Å². The molecule has 0 amide bonds. The number of aromatic nitrogens is 2. The largest absolute Gasteiger partial charge is 0.459 e. The minimum absolute atomic E-state index is 0.0975. The second-order valence-corrected chi connectivity index (χ2v) is 4.88. The molecule has 24 heavy (non-hydrogen) atoms. The zero-order chi connectivity index (χ0) is 17.7. The summed E-state index contributed by atoms with van der Waals surface area (Å²) in [7, 11) is 0. The fraction of sp³-hybridized carbons (Fsp3) is 0.312. The fourth-order valence-corrected chi connectivity index (χ4v) is 1.95. The Balaban J connectivity index is 2.52. The Kier molecular flexibility index (Phi) is 5.41. The third-order valence-electron chi connectivity index (χ3n) is 2.86. The van der Waals surface area contributed by atoms with Gasteiger partial charge in [0.2, 0.25) is 0 Å². The van der Waals surface area contributed by atoms with Crippen molar-refractivity contribution in [2.24, 2.45) is 0 Å². The molecule has 2 aromatic rings. The van der Waals surface area contributed by atoms with Crippen LogP contribution in [0.1, 0.15) is 38.4 Å². The van der Waals surface area contributed by atoms with E-state index in [0.717, 1.165) is 0 Å². The van der Waals surface area contributed by atoms with E-state index >= 15 is 0 Å². The molecule has 0 N–H and O–H groups in total. The molecule has 2 rings (SSSR count). The number of fused-ring (bicyclic) bond motifs is 1. The van der Waals surface area contributed by atoms with E-state index in [4.69, 9.17) is 14.2 Å². The van der Waals surface area contributed by atoms with Gasteiger partial charge in [0, 0.05) is 20.8 Å². The molecule has 1 aromatic heterocycles. The summed E-state index contributed by atoms with van der Waals surface area (Å²) in [5, 5.41) is 0. The topological polar surface area (TPSA) is 105 Å². The third-order valence-corrected chi connectivity index (χ3v) is 2.86. The van der Waals surface area contributed by atoms with Crippen LogP contribution in [0.4, 0.5) is 0 Å². The van der Waals surface area contributed by atoms with Crippen LogP contribution in [-0.4, -0.2) is 27.9 Å². The summed E-state index contributed by atoms with van der Waals surface area (Å²) in [5.41, 5.74) is 1.41. The molecule has 0 aliphatic carbocycles. The normalized spacial score (nSPS) is 10.5. The van der Waals surface area contributed by atoms with Crippen molar-refractivity contribution in [1.82, 2.24) is 9.97 Å². The van der Waals surface area contributed by atoms with Gasteiger partial charge in [-0.1, -0.05) is 12.1 Å². The van der Waals surface area contributed by atoms with Crippen molar-refractivity contribution in [3.63, 3.8) is 0 Å². The summed E-state index contributed by atoms with van der Waals surface area (Å²) in [4.78, 5) is 42.4. The third kappa shape index (κ3) is 4.48. The average molecular weight is 332 g/mol. The number of rotatable bonds is 5. The molecular formula is C16H16N2O6. The zero-order valence-corrected chi connectivity index (χ0v) is 13.4. The first kappa shape index (κ1) is 17.3. The van der Waals surface area contributed by atoms with Gasteiger partial charge in [-0.3, -0.25) is 14.4 Å². The number of carbonyl (C=O) groups excluding carboxylic acids is 3. The van der Waals surface area contributed by atoms with Gasteiger partial charge in [0.05, 0.1) is 11.0 Å². The van der Waals surface area contributed by atoms with Gasteiger partial charge in [0.15, 0.2) is 0 Å². The summed E-state index contributed by atoms with van der Waals surface area (Å²) in [5.74, 6) is -1.82. The van der Waals surface area contributed by atoms with E-state index in [9.17, 15) is 14.4 Å². The molecule has 8 nitrogen and oxygen atoms in total. The summed E-state index contributed by atoms with van der Waals surface area (Å²) in [6.07, 6.45) is -1.37. The Morgan fingerprint density at radius 2 is 1.46 bits per heavy atom. The van der Waals surface area contributed by atoms with Crippen LogP contribution >= 0.6 is 0 Å². The maximum atomic E-state index is 11.3. The van der Waals surface area contributed by atoms with Crippen LogP contribution in [0.15, 0.2) is 24.3 Å². The maximum Gasteiger partial charge on any atom is 0.306 e. The van der Waals surface area contributed by atoms with Gasteiger partial charge in [-0.05, 0) is 12.1 Å². The van der Waals surface area contributed by atoms with Crippen LogP contribution in [0.25, 0.3) is 11.0 Å². The molecule has 1 aromatic carbocycles. The number of benzene rings is 1. The van der Waals surface area contributed by atoms with Crippen molar-refractivity contribution in [2.45, 2.75) is 33.7 Å². The first-order valence-electron chi connectivity index (χ1n) is 7.10. The standard InChI is InChI=1S/C16H16N2O6/c1-9(19)22-8-14-15(16(23-10(2)20)24-11(3)21)18-13-7-5-4-6-12(13)17-14/h4-7,16H,8H2,1-3H3. The van der Waals surface area contributed by atoms with Crippen molar-refractivity contribution in [3.05, 3.63) is 35.7 Å². The Morgan fingerprint density at radius 1 is 0.917 bits per heavy atom. The molecule has 0 radical (unpaired) electrons. The fourth-order valence-electron chi connectivity index (χ4n) is 1.95. The molecule has 0 atom stereocenters. The molecular weight excluding hydrogens is 316 g/mol. The smallest absolute Gasteiger partial charge is 0.306 e. The van der Waals surface area contributed by atoms with Crippen molar-refractivity contribution in [2.75, 3.05) is 0 Å². The molecule has 0 bridgehead atoms. The lowest BCUT2D eigenvalue weighted by Crippen LogP contribution is -2.19. The van der Waals surface area contributed by atoms with Crippen LogP contribution in [0, 0.1) is 0 Å². The van der Waals surface area contributed by atoms with Crippen LogP contribution in [0.5, 0.6) is 0 Å². The molecule has 0 unspecified atom stereocenters. The monoisotopic (exact) mass is 332 g/mol. The summed E-state index contributed by atoms with van der Waals surface area (Å²) in [6.45, 7) is 3.42. The van der Waals surface area contributed by atoms with E-state index in [2.05, 4.69) is 9.97 Å². The molecule has 8 heteroatoms. The van der Waals surface area contributed by atoms with Gasteiger partial charge < -0.3 is 14.2 Å². The average Bonchev–Trinajstić information content (AvgIpc) is 2.50. The summed E-state index contributed by atoms with van der Waals surface area (Å²) in [6, 6.07) is 6.98. The van der Waals surface area contributed by atoms with Crippen molar-refractivity contribution in [3.8, 4) is 0 Å². The van der Waals surface area contributed by atoms with E-state index in [1.807, 2.05) is 0 Å². The summed E-state index contributed by atoms with van der Waals surface area (Å²) >= 11 is 0. The minimum atomic E-state index is -1.37. The van der Waals surface area contributed by atoms with Crippen LogP contribution < -0.4 is 0 Å². The number of carbonyl (C=O) groups is 3. The van der Waals surface area contributed by atoms with Crippen molar-refractivity contribution < 1.29 is 28.6 Å². The Hall–Kier alpha value is -3.03. The van der Waals surface area contributed by atoms with E-state index < -0.39 is 24.2 Å². The highest BCUT2D eigenvalue weighted by atomic mass is 16.7. The maximum absolute atomic E-state index is 11.3. The lowest BCUT2D eigenvalue weighted by atomic mass is 10.2.